The predicted molar refractivity (Wildman–Crippen MR) is 62.7 cm³/mol. The van der Waals surface area contributed by atoms with Gasteiger partial charge >= 0.3 is 0 Å². The van der Waals surface area contributed by atoms with E-state index in [-0.39, 0.29) is 0 Å². The summed E-state index contributed by atoms with van der Waals surface area (Å²) in [5, 5.41) is 3.98. The molecule has 80 valence electrons. The van der Waals surface area contributed by atoms with Crippen molar-refractivity contribution >= 4 is 0 Å². The lowest BCUT2D eigenvalue weighted by atomic mass is 10.1. The van der Waals surface area contributed by atoms with Gasteiger partial charge in [-0.2, -0.15) is 0 Å². The van der Waals surface area contributed by atoms with Crippen molar-refractivity contribution in [2.75, 3.05) is 0 Å². The summed E-state index contributed by atoms with van der Waals surface area (Å²) in [6.45, 7) is 6.05. The average Bonchev–Trinajstić information content (AvgIpc) is 2.81. The first-order valence-electron chi connectivity index (χ1n) is 5.41. The zero-order valence-corrected chi connectivity index (χ0v) is 9.53. The van der Waals surface area contributed by atoms with Crippen LogP contribution in [0.2, 0.25) is 0 Å². The molecule has 2 rings (SSSR count). The van der Waals surface area contributed by atoms with Gasteiger partial charge in [-0.25, -0.2) is 0 Å². The summed E-state index contributed by atoms with van der Waals surface area (Å²) in [5.74, 6) is 0.929. The summed E-state index contributed by atoms with van der Waals surface area (Å²) in [4.78, 5) is 0. The van der Waals surface area contributed by atoms with Gasteiger partial charge in [0.15, 0.2) is 0 Å². The average molecular weight is 203 g/mol. The van der Waals surface area contributed by atoms with E-state index in [4.69, 9.17) is 4.52 Å². The third-order valence-corrected chi connectivity index (χ3v) is 1.98. The predicted octanol–water partition coefficient (Wildman–Crippen LogP) is 3.93. The van der Waals surface area contributed by atoms with Crippen LogP contribution >= 0.6 is 0 Å². The quantitative estimate of drug-likeness (QED) is 0.739. The maximum atomic E-state index is 5.12. The number of nitrogens with zero attached hydrogens (tertiary/aromatic N) is 1. The molecule has 0 fully saturated rings. The smallest absolute Gasteiger partial charge is 0.137 e. The molecule has 2 aromatic rings. The van der Waals surface area contributed by atoms with Crippen molar-refractivity contribution in [3.63, 3.8) is 0 Å². The molecule has 0 bridgehead atoms. The van der Waals surface area contributed by atoms with E-state index in [1.165, 1.54) is 0 Å². The molecule has 15 heavy (non-hydrogen) atoms. The molecule has 0 saturated carbocycles. The Hall–Kier alpha value is -1.57. The molecule has 0 aliphatic carbocycles. The van der Waals surface area contributed by atoms with Gasteiger partial charge in [-0.05, 0) is 0 Å². The van der Waals surface area contributed by atoms with E-state index in [2.05, 4.69) is 12.1 Å². The Morgan fingerprint density at radius 2 is 1.80 bits per heavy atom. The Morgan fingerprint density at radius 1 is 1.13 bits per heavy atom. The van der Waals surface area contributed by atoms with E-state index in [9.17, 15) is 0 Å². The maximum absolute atomic E-state index is 5.12. The van der Waals surface area contributed by atoms with Gasteiger partial charge in [0.25, 0.3) is 0 Å². The van der Waals surface area contributed by atoms with Crippen LogP contribution in [0.5, 0.6) is 0 Å². The number of rotatable bonds is 2. The van der Waals surface area contributed by atoms with Gasteiger partial charge in [-0.3, -0.25) is 0 Å². The zero-order chi connectivity index (χ0) is 11.1. The SMILES string of the molecule is CC.CCc1cc(-c2ccccc2)no1. The van der Waals surface area contributed by atoms with Crippen LogP contribution in [0.1, 0.15) is 26.5 Å². The number of hydrogen-bond acceptors (Lipinski definition) is 2. The fourth-order valence-corrected chi connectivity index (χ4v) is 1.22. The summed E-state index contributed by atoms with van der Waals surface area (Å²) in [6.07, 6.45) is 0.889. The van der Waals surface area contributed by atoms with Crippen molar-refractivity contribution < 1.29 is 4.52 Å². The highest BCUT2D eigenvalue weighted by Gasteiger charge is 2.03. The van der Waals surface area contributed by atoms with Gasteiger partial charge in [0.2, 0.25) is 0 Å². The number of hydrogen-bond donors (Lipinski definition) is 0. The minimum atomic E-state index is 0.889. The summed E-state index contributed by atoms with van der Waals surface area (Å²) < 4.78 is 5.12. The molecule has 0 atom stereocenters. The minimum Gasteiger partial charge on any atom is -0.361 e. The second-order valence-corrected chi connectivity index (χ2v) is 2.90. The Kier molecular flexibility index (Phi) is 4.61. The Balaban J connectivity index is 0.000000531. The van der Waals surface area contributed by atoms with Crippen molar-refractivity contribution in [3.8, 4) is 11.3 Å². The van der Waals surface area contributed by atoms with Crippen molar-refractivity contribution in [1.82, 2.24) is 5.16 Å². The molecule has 0 N–H and O–H groups in total. The van der Waals surface area contributed by atoms with Crippen LogP contribution in [-0.4, -0.2) is 5.16 Å². The van der Waals surface area contributed by atoms with Gasteiger partial charge < -0.3 is 4.52 Å². The largest absolute Gasteiger partial charge is 0.361 e. The van der Waals surface area contributed by atoms with Gasteiger partial charge in [-0.1, -0.05) is 56.3 Å². The third-order valence-electron chi connectivity index (χ3n) is 1.98. The lowest BCUT2D eigenvalue weighted by Crippen LogP contribution is -1.74. The summed E-state index contributed by atoms with van der Waals surface area (Å²) in [6, 6.07) is 12.0. The second kappa shape index (κ2) is 6.02. The highest BCUT2D eigenvalue weighted by Crippen LogP contribution is 2.18. The lowest BCUT2D eigenvalue weighted by Gasteiger charge is -1.91. The van der Waals surface area contributed by atoms with Gasteiger partial charge in [-0.15, -0.1) is 0 Å². The molecule has 1 aromatic carbocycles. The molecule has 1 heterocycles. The topological polar surface area (TPSA) is 26.0 Å². The molecule has 0 radical (unpaired) electrons. The lowest BCUT2D eigenvalue weighted by molar-refractivity contribution is 0.389. The first kappa shape index (κ1) is 11.5. The van der Waals surface area contributed by atoms with Crippen LogP contribution in [0.3, 0.4) is 0 Å². The Labute approximate surface area is 90.9 Å². The van der Waals surface area contributed by atoms with Crippen LogP contribution in [0.15, 0.2) is 40.9 Å². The number of aromatic nitrogens is 1. The second-order valence-electron chi connectivity index (χ2n) is 2.90. The number of aryl methyl sites for hydroxylation is 1. The van der Waals surface area contributed by atoms with Crippen LogP contribution in [0.4, 0.5) is 0 Å². The van der Waals surface area contributed by atoms with Crippen LogP contribution in [0.25, 0.3) is 11.3 Å². The highest BCUT2D eigenvalue weighted by atomic mass is 16.5. The minimum absolute atomic E-state index is 0.889. The summed E-state index contributed by atoms with van der Waals surface area (Å²) in [5.41, 5.74) is 2.02. The molecular weight excluding hydrogens is 186 g/mol. The highest BCUT2D eigenvalue weighted by molar-refractivity contribution is 5.58. The number of benzene rings is 1. The summed E-state index contributed by atoms with van der Waals surface area (Å²) >= 11 is 0. The molecule has 0 aliphatic rings. The first-order valence-corrected chi connectivity index (χ1v) is 5.41. The monoisotopic (exact) mass is 203 g/mol. The van der Waals surface area contributed by atoms with E-state index in [0.717, 1.165) is 23.4 Å². The molecule has 0 spiro atoms. The Bertz CT molecular complexity index is 378. The molecule has 1 aromatic heterocycles. The molecule has 2 nitrogen and oxygen atoms in total. The first-order chi connectivity index (χ1) is 7.40. The van der Waals surface area contributed by atoms with Crippen molar-refractivity contribution in [2.24, 2.45) is 0 Å². The van der Waals surface area contributed by atoms with Crippen LogP contribution in [-0.2, 0) is 6.42 Å². The summed E-state index contributed by atoms with van der Waals surface area (Å²) in [7, 11) is 0. The molecule has 0 saturated heterocycles. The van der Waals surface area contributed by atoms with E-state index < -0.39 is 0 Å². The molecule has 0 amide bonds. The van der Waals surface area contributed by atoms with Crippen molar-refractivity contribution in [3.05, 3.63) is 42.2 Å². The maximum Gasteiger partial charge on any atom is 0.137 e. The van der Waals surface area contributed by atoms with E-state index in [1.54, 1.807) is 0 Å². The van der Waals surface area contributed by atoms with E-state index in [0.29, 0.717) is 0 Å². The molecule has 0 aliphatic heterocycles. The van der Waals surface area contributed by atoms with Crippen LogP contribution in [0, 0.1) is 0 Å². The fraction of sp³-hybridized carbons (Fsp3) is 0.308. The van der Waals surface area contributed by atoms with E-state index in [1.807, 2.05) is 50.2 Å². The van der Waals surface area contributed by atoms with Crippen molar-refractivity contribution in [1.29, 1.82) is 0 Å². The molecular formula is C13H17NO. The van der Waals surface area contributed by atoms with Crippen molar-refractivity contribution in [2.45, 2.75) is 27.2 Å². The van der Waals surface area contributed by atoms with E-state index >= 15 is 0 Å². The standard InChI is InChI=1S/C11H11NO.C2H6/c1-2-10-8-11(12-13-10)9-6-4-3-5-7-9;1-2/h3-8H,2H2,1H3;1-2H3. The molecule has 2 heteroatoms. The van der Waals surface area contributed by atoms with Gasteiger partial charge in [0, 0.05) is 18.1 Å². The van der Waals surface area contributed by atoms with Gasteiger partial charge in [0.05, 0.1) is 0 Å². The van der Waals surface area contributed by atoms with Gasteiger partial charge in [0.1, 0.15) is 11.5 Å². The fourth-order valence-electron chi connectivity index (χ4n) is 1.22. The zero-order valence-electron chi connectivity index (χ0n) is 9.53. The third kappa shape index (κ3) is 2.94. The normalized spacial score (nSPS) is 9.27. The Morgan fingerprint density at radius 3 is 2.33 bits per heavy atom. The molecule has 0 unspecified atom stereocenters. The van der Waals surface area contributed by atoms with Crippen LogP contribution < -0.4 is 0 Å².